The summed E-state index contributed by atoms with van der Waals surface area (Å²) in [5, 5.41) is 9.27. The van der Waals surface area contributed by atoms with Gasteiger partial charge >= 0.3 is 11.7 Å². The number of aliphatic imine (C=N–C) groups is 5. The van der Waals surface area contributed by atoms with Crippen LogP contribution < -0.4 is 32.9 Å². The van der Waals surface area contributed by atoms with Crippen molar-refractivity contribution in [2.75, 3.05) is 33.0 Å². The molecule has 6 N–H and O–H groups in total. The highest BCUT2D eigenvalue weighted by Crippen LogP contribution is 2.50. The van der Waals surface area contributed by atoms with Gasteiger partial charge in [0, 0.05) is 117 Å². The first-order chi connectivity index (χ1) is 70.2. The van der Waals surface area contributed by atoms with Gasteiger partial charge in [0.25, 0.3) is 5.56 Å². The summed E-state index contributed by atoms with van der Waals surface area (Å²) in [4.78, 5) is 102. The molecule has 146 heavy (non-hydrogen) atoms. The standard InChI is InChI=1S/C27H49N5O3.C23H42N2O3.C22H39N5O2.C22H38N2O4.C12H28NOP.C9H16O2/c1-7-10-11-12-13-14-15-16-34-23-20(8-2)21(9-3)35-26(23)32-17-28-22-19(6)29-27(30-24(22)32)31-25(33)18(4)5;1-6-9-10-11-12-13-14-15-27-21-19(7-2)20(8-3)28-22(21)25-16-17(4)18(5)24-23(25)26;1-4-7-8-9-10-11-12-13-28-19-16(5-2)17(6-3)29-22(19)27-15-26-18-20(23)24-14-25-21(18)27;1-5-8-9-10-11-12-13-14-27-19-17(6-2)18(7-3)28-21(19)24-15-16(4)20(25)23-22(24)26;1-8-9-14-15(12(6)7)13(10(2)3)11(4)5;1-4-8(10)5-6-9(11)7(2)3/h17-24,26H,7-16H2,1-6H3,(H2,29,30,31,33);16,18-22H,6-15H2,1-5H3,(H,24,26);14-19,21-22H,4-13H2,1-3H3,(H2,23,24,25);15,17-19,21H,5-14H2,1-4H3,(H,23,25,26);10-12H,8-9H2,1-7H3;7H,4-6H2,1-3H3/t19?,20?,21-,22?,23+,24?,26-;18?,19?,20-,21+,22-;16?,17-,18?,19+,21?,22-;17?,18-,19+,21-;;/m1111../s1. The molecule has 4 fully saturated rings. The first-order valence-electron chi connectivity index (χ1n) is 58.7. The number of rotatable bonds is 61. The number of guanidine groups is 1. The second-order valence-corrected chi connectivity index (χ2v) is 45.7. The lowest BCUT2D eigenvalue weighted by molar-refractivity contribution is -0.125. The maximum Gasteiger partial charge on any atom is 0.330 e. The van der Waals surface area contributed by atoms with Crippen molar-refractivity contribution in [1.82, 2.24) is 44.9 Å². The topological polar surface area (TPSA) is 343 Å². The first-order valence-corrected chi connectivity index (χ1v) is 60.0. The predicted molar refractivity (Wildman–Crippen MR) is 600 cm³/mol. The Morgan fingerprint density at radius 2 is 0.884 bits per heavy atom. The second-order valence-electron chi connectivity index (χ2n) is 43.3. The van der Waals surface area contributed by atoms with E-state index in [1.807, 2.05) is 60.4 Å². The summed E-state index contributed by atoms with van der Waals surface area (Å²) in [6.45, 7) is 63.2. The average Bonchev–Trinajstić information content (AvgIpc) is 1.61. The lowest BCUT2D eigenvalue weighted by Crippen LogP contribution is -2.59. The third kappa shape index (κ3) is 41.8. The fraction of sp³-hybridized carbons (Fsp3) is 0.870. The molecule has 0 aliphatic carbocycles. The summed E-state index contributed by atoms with van der Waals surface area (Å²) < 4.78 is 61.4. The minimum atomic E-state index is -0.484. The zero-order chi connectivity index (χ0) is 108. The molecule has 11 unspecified atom stereocenters. The fourth-order valence-electron chi connectivity index (χ4n) is 21.1. The molecule has 9 aliphatic rings. The lowest BCUT2D eigenvalue weighted by Gasteiger charge is -2.39. The number of nitrogens with zero attached hydrogens (tertiary/aromatic N) is 10. The number of aromatic amines is 1. The number of aromatic nitrogens is 2. The van der Waals surface area contributed by atoms with Gasteiger partial charge in [0.1, 0.15) is 68.5 Å². The summed E-state index contributed by atoms with van der Waals surface area (Å²) in [7, 11) is -0.435. The molecule has 1 aromatic rings. The molecule has 0 aromatic carbocycles. The molecule has 0 radical (unpaired) electrons. The number of carbonyl (C=O) groups is 4. The molecule has 4 saturated heterocycles. The minimum Gasteiger partial charge on any atom is -0.385 e. The van der Waals surface area contributed by atoms with Gasteiger partial charge in [-0.15, -0.1) is 0 Å². The van der Waals surface area contributed by atoms with Crippen molar-refractivity contribution in [3.63, 3.8) is 0 Å². The molecule has 0 spiro atoms. The number of unbranched alkanes of at least 4 members (excludes halogenated alkanes) is 24. The highest BCUT2D eigenvalue weighted by molar-refractivity contribution is 7.50. The van der Waals surface area contributed by atoms with E-state index < -0.39 is 20.2 Å². The van der Waals surface area contributed by atoms with Crippen LogP contribution in [0.3, 0.4) is 0 Å². The molecular weight excluding hydrogens is 1860 g/mol. The maximum absolute atomic E-state index is 12.6. The van der Waals surface area contributed by atoms with Crippen molar-refractivity contribution in [2.45, 2.75) is 579 Å². The van der Waals surface area contributed by atoms with Crippen LogP contribution in [-0.2, 0) is 56.8 Å². The van der Waals surface area contributed by atoms with Crippen molar-refractivity contribution in [3.05, 3.63) is 44.4 Å². The van der Waals surface area contributed by atoms with Crippen LogP contribution in [0.5, 0.6) is 0 Å². The number of fused-ring (bicyclic) bond motifs is 2. The predicted octanol–water partition coefficient (Wildman–Crippen LogP) is 24.3. The average molecular weight is 2080 g/mol. The van der Waals surface area contributed by atoms with Crippen LogP contribution in [-0.4, -0.2) is 238 Å². The van der Waals surface area contributed by atoms with Crippen molar-refractivity contribution in [3.8, 4) is 0 Å². The lowest BCUT2D eigenvalue weighted by atomic mass is 9.93. The van der Waals surface area contributed by atoms with E-state index in [9.17, 15) is 28.8 Å². The molecule has 842 valence electrons. The zero-order valence-electron chi connectivity index (χ0n) is 96.9. The molecule has 3 amide bonds. The summed E-state index contributed by atoms with van der Waals surface area (Å²) in [6, 6.07) is 0.931. The van der Waals surface area contributed by atoms with E-state index in [0.717, 1.165) is 115 Å². The number of ketones is 2. The van der Waals surface area contributed by atoms with Crippen molar-refractivity contribution < 1.29 is 61.6 Å². The van der Waals surface area contributed by atoms with Crippen LogP contribution in [0.25, 0.3) is 0 Å². The number of nitrogens with two attached hydrogens (primary N) is 1. The molecule has 0 saturated carbocycles. The number of hydrogen-bond donors (Lipinski definition) is 5. The Kier molecular flexibility index (Phi) is 64.9. The highest BCUT2D eigenvalue weighted by atomic mass is 31.2. The number of urea groups is 1. The van der Waals surface area contributed by atoms with Crippen molar-refractivity contribution in [1.29, 1.82) is 0 Å². The number of aryl methyl sites for hydroxylation is 1. The van der Waals surface area contributed by atoms with Gasteiger partial charge in [0.05, 0.1) is 55.8 Å². The number of hydrogen-bond acceptors (Lipinski definition) is 25. The van der Waals surface area contributed by atoms with Crippen molar-refractivity contribution >= 4 is 62.6 Å². The Labute approximate surface area is 886 Å². The van der Waals surface area contributed by atoms with Crippen LogP contribution in [0.1, 0.15) is 456 Å². The molecule has 9 aliphatic heterocycles. The Hall–Kier alpha value is -5.92. The van der Waals surface area contributed by atoms with E-state index >= 15 is 0 Å². The molecule has 10 rings (SSSR count). The van der Waals surface area contributed by atoms with Crippen molar-refractivity contribution in [2.24, 2.45) is 66.2 Å². The highest BCUT2D eigenvalue weighted by Gasteiger charge is 2.54. The van der Waals surface area contributed by atoms with Gasteiger partial charge in [-0.05, 0) is 144 Å². The quantitative estimate of drug-likeness (QED) is 0.0299. The van der Waals surface area contributed by atoms with Gasteiger partial charge in [0.15, 0.2) is 43.2 Å². The summed E-state index contributed by atoms with van der Waals surface area (Å²) in [6.07, 6.45) is 53.3. The number of H-pyrrole nitrogens is 1. The van der Waals surface area contributed by atoms with Gasteiger partial charge in [-0.1, -0.05) is 293 Å². The number of ether oxygens (including phenoxy) is 8. The van der Waals surface area contributed by atoms with E-state index in [1.54, 1.807) is 18.0 Å². The minimum absolute atomic E-state index is 0.00987. The third-order valence-corrected chi connectivity index (χ3v) is 32.7. The van der Waals surface area contributed by atoms with Gasteiger partial charge in [-0.25, -0.2) is 24.6 Å². The summed E-state index contributed by atoms with van der Waals surface area (Å²) in [5.74, 6) is 2.64. The van der Waals surface area contributed by atoms with Crippen LogP contribution in [0.4, 0.5) is 4.79 Å². The van der Waals surface area contributed by atoms with E-state index in [1.165, 1.54) is 165 Å². The normalized spacial score (nSPS) is 27.2. The number of amidine groups is 1. The third-order valence-electron chi connectivity index (χ3n) is 30.0. The molecular formula is C115H212N15O15P. The number of carbonyl (C=O) groups excluding carboxylic acids is 4. The summed E-state index contributed by atoms with van der Waals surface area (Å²) >= 11 is 0. The van der Waals surface area contributed by atoms with E-state index in [2.05, 4.69) is 196 Å². The van der Waals surface area contributed by atoms with Crippen LogP contribution in [0.2, 0.25) is 0 Å². The van der Waals surface area contributed by atoms with Gasteiger partial charge < -0.3 is 68.6 Å². The Morgan fingerprint density at radius 3 is 1.28 bits per heavy atom. The molecule has 1 aromatic heterocycles. The molecule has 23 atom stereocenters. The molecule has 10 heterocycles. The van der Waals surface area contributed by atoms with E-state index in [4.69, 9.17) is 58.1 Å². The molecule has 0 bridgehead atoms. The molecule has 30 nitrogen and oxygen atoms in total. The number of amides is 3. The zero-order valence-corrected chi connectivity index (χ0v) is 97.8. The van der Waals surface area contributed by atoms with Crippen LogP contribution in [0, 0.1) is 42.4 Å². The van der Waals surface area contributed by atoms with Gasteiger partial charge in [-0.2, -0.15) is 0 Å². The molecule has 31 heteroatoms. The largest absolute Gasteiger partial charge is 0.385 e. The van der Waals surface area contributed by atoms with Gasteiger partial charge in [-0.3, -0.25) is 53.6 Å². The van der Waals surface area contributed by atoms with Gasteiger partial charge in [0.2, 0.25) is 5.91 Å². The monoisotopic (exact) mass is 2070 g/mol. The van der Waals surface area contributed by atoms with Crippen LogP contribution in [0.15, 0.2) is 52.5 Å². The Balaban J connectivity index is 0.000000318. The maximum atomic E-state index is 12.6. The SMILES string of the molecule is CCC(=O)CCC(=O)C(C)C.CCCCCCCCCO[C@H]1C(CC)[C@@H](CC)O[C@H]1N1C=C(C)C(C)NC1=O.CCCCCCCCCO[C@H]1C(CC)[C@@H](CC)O[C@H]1N1C=NC2C(C)NC(NC(=O)C(C)C)=NC21.CCCCCCCCCO[C@H]1C(CC)[C@@H](CC)O[C@H]1N1C=NC2C(N)=NC=NC21.CCCCCCCCCO[C@H]1C(CC)[C@@H](CC)O[C@H]1n1cc(C)c(=O)[nH]c1=O.CCCOP(C(C)C)N(C(C)C)C(C)C. The fourth-order valence-corrected chi connectivity index (χ4v) is 23.3. The van der Waals surface area contributed by atoms with E-state index in [-0.39, 0.29) is 151 Å². The number of nitrogens with one attached hydrogen (secondary N) is 4. The number of Topliss-reactive ketones (excluding diaryl/α,β-unsaturated/α-hetero) is 2. The second kappa shape index (κ2) is 72.6. The Morgan fingerprint density at radius 1 is 0.479 bits per heavy atom. The van der Waals surface area contributed by atoms with E-state index in [0.29, 0.717) is 78.7 Å². The van der Waals surface area contributed by atoms with Crippen LogP contribution >= 0.6 is 8.30 Å². The Bertz CT molecular complexity index is 4060. The first kappa shape index (κ1) is 131. The smallest absolute Gasteiger partial charge is 0.330 e. The summed E-state index contributed by atoms with van der Waals surface area (Å²) in [5.41, 5.74) is 7.49.